The zero-order chi connectivity index (χ0) is 16.1. The molecule has 0 saturated heterocycles. The van der Waals surface area contributed by atoms with Crippen molar-refractivity contribution in [2.75, 3.05) is 30.9 Å². The molecule has 0 fully saturated rings. The van der Waals surface area contributed by atoms with Gasteiger partial charge in [-0.2, -0.15) is 0 Å². The minimum Gasteiger partial charge on any atom is -0.493 e. The summed E-state index contributed by atoms with van der Waals surface area (Å²) in [7, 11) is 3.95. The summed E-state index contributed by atoms with van der Waals surface area (Å²) >= 11 is 3.42. The van der Waals surface area contributed by atoms with E-state index < -0.39 is 0 Å². The number of rotatable bonds is 5. The quantitative estimate of drug-likeness (QED) is 0.867. The Morgan fingerprint density at radius 2 is 1.86 bits per heavy atom. The van der Waals surface area contributed by atoms with Crippen LogP contribution in [0.3, 0.4) is 0 Å². The molecule has 0 aliphatic rings. The van der Waals surface area contributed by atoms with Crippen LogP contribution in [0.5, 0.6) is 5.75 Å². The fourth-order valence-corrected chi connectivity index (χ4v) is 2.45. The smallest absolute Gasteiger partial charge is 0.255 e. The zero-order valence-electron chi connectivity index (χ0n) is 12.9. The number of ether oxygens (including phenoxy) is 1. The van der Waals surface area contributed by atoms with E-state index in [-0.39, 0.29) is 5.91 Å². The Balaban J connectivity index is 2.10. The van der Waals surface area contributed by atoms with Crippen LogP contribution in [0.4, 0.5) is 11.4 Å². The number of halogens is 1. The predicted octanol–water partition coefficient (Wildman–Crippen LogP) is 4.17. The Hall–Kier alpha value is -2.01. The van der Waals surface area contributed by atoms with Crippen molar-refractivity contribution < 1.29 is 9.53 Å². The molecule has 2 aromatic carbocycles. The lowest BCUT2D eigenvalue weighted by Crippen LogP contribution is -2.12. The van der Waals surface area contributed by atoms with Crippen molar-refractivity contribution in [2.24, 2.45) is 0 Å². The average Bonchev–Trinajstić information content (AvgIpc) is 2.50. The monoisotopic (exact) mass is 362 g/mol. The molecule has 1 N–H and O–H groups in total. The van der Waals surface area contributed by atoms with Gasteiger partial charge in [0.15, 0.2) is 0 Å². The molecule has 2 aromatic rings. The number of carbonyl (C=O) groups excluding carboxylic acids is 1. The minimum atomic E-state index is -0.152. The summed E-state index contributed by atoms with van der Waals surface area (Å²) in [6.45, 7) is 2.51. The van der Waals surface area contributed by atoms with Crippen molar-refractivity contribution in [3.8, 4) is 5.75 Å². The number of nitrogens with zero attached hydrogens (tertiary/aromatic N) is 1. The molecule has 0 saturated carbocycles. The van der Waals surface area contributed by atoms with E-state index in [9.17, 15) is 4.79 Å². The number of nitrogens with one attached hydrogen (secondary N) is 1. The highest BCUT2D eigenvalue weighted by molar-refractivity contribution is 9.10. The Morgan fingerprint density at radius 3 is 2.41 bits per heavy atom. The second-order valence-electron chi connectivity index (χ2n) is 4.97. The topological polar surface area (TPSA) is 41.6 Å². The van der Waals surface area contributed by atoms with Crippen LogP contribution in [-0.2, 0) is 0 Å². The van der Waals surface area contributed by atoms with Gasteiger partial charge in [-0.1, -0.05) is 0 Å². The second-order valence-corrected chi connectivity index (χ2v) is 5.83. The third-order valence-corrected chi connectivity index (χ3v) is 3.76. The molecule has 2 rings (SSSR count). The van der Waals surface area contributed by atoms with Gasteiger partial charge in [0.05, 0.1) is 11.1 Å². The summed E-state index contributed by atoms with van der Waals surface area (Å²) in [5, 5.41) is 2.88. The van der Waals surface area contributed by atoms with E-state index in [4.69, 9.17) is 4.74 Å². The molecule has 4 nitrogen and oxygen atoms in total. The van der Waals surface area contributed by atoms with Gasteiger partial charge in [0.1, 0.15) is 5.75 Å². The summed E-state index contributed by atoms with van der Waals surface area (Å²) in [6, 6.07) is 13.0. The molecular weight excluding hydrogens is 344 g/mol. The van der Waals surface area contributed by atoms with E-state index in [1.165, 1.54) is 0 Å². The maximum absolute atomic E-state index is 12.3. The number of amides is 1. The Bertz CT molecular complexity index is 654. The second kappa shape index (κ2) is 7.31. The van der Waals surface area contributed by atoms with Gasteiger partial charge in [0, 0.05) is 31.0 Å². The Morgan fingerprint density at radius 1 is 1.18 bits per heavy atom. The van der Waals surface area contributed by atoms with E-state index >= 15 is 0 Å². The Kier molecular flexibility index (Phi) is 5.44. The van der Waals surface area contributed by atoms with E-state index in [1.54, 1.807) is 18.2 Å². The first kappa shape index (κ1) is 16.4. The SMILES string of the molecule is CCOc1ccc(C(=O)Nc2ccc(N(C)C)cc2)cc1Br. The lowest BCUT2D eigenvalue weighted by atomic mass is 10.2. The highest BCUT2D eigenvalue weighted by Gasteiger charge is 2.09. The summed E-state index contributed by atoms with van der Waals surface area (Å²) in [4.78, 5) is 14.3. The van der Waals surface area contributed by atoms with Crippen molar-refractivity contribution in [1.82, 2.24) is 0 Å². The number of benzene rings is 2. The molecule has 0 bridgehead atoms. The number of carbonyl (C=O) groups is 1. The number of hydrogen-bond donors (Lipinski definition) is 1. The van der Waals surface area contributed by atoms with Crippen LogP contribution < -0.4 is 15.0 Å². The van der Waals surface area contributed by atoms with Crippen LogP contribution in [0.25, 0.3) is 0 Å². The summed E-state index contributed by atoms with van der Waals surface area (Å²) < 4.78 is 6.21. The summed E-state index contributed by atoms with van der Waals surface area (Å²) in [5.41, 5.74) is 2.43. The van der Waals surface area contributed by atoms with E-state index in [0.717, 1.165) is 21.6 Å². The minimum absolute atomic E-state index is 0.152. The molecule has 0 spiro atoms. The van der Waals surface area contributed by atoms with Gasteiger partial charge in [-0.15, -0.1) is 0 Å². The fourth-order valence-electron chi connectivity index (χ4n) is 1.96. The third-order valence-electron chi connectivity index (χ3n) is 3.14. The highest BCUT2D eigenvalue weighted by atomic mass is 79.9. The van der Waals surface area contributed by atoms with Crippen molar-refractivity contribution >= 4 is 33.2 Å². The van der Waals surface area contributed by atoms with Crippen molar-refractivity contribution in [2.45, 2.75) is 6.92 Å². The number of anilines is 2. The summed E-state index contributed by atoms with van der Waals surface area (Å²) in [6.07, 6.45) is 0. The lowest BCUT2D eigenvalue weighted by Gasteiger charge is -2.13. The molecule has 116 valence electrons. The van der Waals surface area contributed by atoms with Gasteiger partial charge in [-0.05, 0) is 65.3 Å². The molecule has 0 radical (unpaired) electrons. The molecule has 0 atom stereocenters. The van der Waals surface area contributed by atoms with Gasteiger partial charge in [-0.25, -0.2) is 0 Å². The first-order chi connectivity index (χ1) is 10.5. The van der Waals surface area contributed by atoms with Crippen LogP contribution in [-0.4, -0.2) is 26.6 Å². The molecule has 0 aliphatic carbocycles. The predicted molar refractivity (Wildman–Crippen MR) is 94.0 cm³/mol. The molecule has 0 heterocycles. The highest BCUT2D eigenvalue weighted by Crippen LogP contribution is 2.26. The molecule has 0 aromatic heterocycles. The lowest BCUT2D eigenvalue weighted by molar-refractivity contribution is 0.102. The van der Waals surface area contributed by atoms with Crippen LogP contribution in [0.2, 0.25) is 0 Å². The van der Waals surface area contributed by atoms with E-state index in [1.807, 2.05) is 50.2 Å². The molecule has 1 amide bonds. The van der Waals surface area contributed by atoms with Gasteiger partial charge in [-0.3, -0.25) is 4.79 Å². The van der Waals surface area contributed by atoms with Crippen molar-refractivity contribution in [3.63, 3.8) is 0 Å². The van der Waals surface area contributed by atoms with Gasteiger partial charge < -0.3 is 15.0 Å². The molecule has 0 aliphatic heterocycles. The zero-order valence-corrected chi connectivity index (χ0v) is 14.5. The van der Waals surface area contributed by atoms with Gasteiger partial charge in [0.25, 0.3) is 5.91 Å². The van der Waals surface area contributed by atoms with Gasteiger partial charge in [0.2, 0.25) is 0 Å². The third kappa shape index (κ3) is 4.01. The fraction of sp³-hybridized carbons (Fsp3) is 0.235. The molecule has 5 heteroatoms. The molecule has 0 unspecified atom stereocenters. The molecule has 22 heavy (non-hydrogen) atoms. The van der Waals surface area contributed by atoms with Crippen LogP contribution in [0.1, 0.15) is 17.3 Å². The normalized spacial score (nSPS) is 10.2. The maximum Gasteiger partial charge on any atom is 0.255 e. The van der Waals surface area contributed by atoms with Crippen LogP contribution in [0.15, 0.2) is 46.9 Å². The van der Waals surface area contributed by atoms with Crippen LogP contribution >= 0.6 is 15.9 Å². The van der Waals surface area contributed by atoms with E-state index in [2.05, 4.69) is 21.2 Å². The van der Waals surface area contributed by atoms with Gasteiger partial charge >= 0.3 is 0 Å². The number of hydrogen-bond acceptors (Lipinski definition) is 3. The molecular formula is C17H19BrN2O2. The Labute approximate surface area is 139 Å². The standard InChI is InChI=1S/C17H19BrN2O2/c1-4-22-16-10-5-12(11-15(16)18)17(21)19-13-6-8-14(9-7-13)20(2)3/h5-11H,4H2,1-3H3,(H,19,21). The maximum atomic E-state index is 12.3. The largest absolute Gasteiger partial charge is 0.493 e. The van der Waals surface area contributed by atoms with E-state index in [0.29, 0.717) is 12.2 Å². The first-order valence-corrected chi connectivity index (χ1v) is 7.81. The van der Waals surface area contributed by atoms with Crippen molar-refractivity contribution in [3.05, 3.63) is 52.5 Å². The van der Waals surface area contributed by atoms with Crippen molar-refractivity contribution in [1.29, 1.82) is 0 Å². The van der Waals surface area contributed by atoms with Crippen LogP contribution in [0, 0.1) is 0 Å². The average molecular weight is 363 g/mol. The first-order valence-electron chi connectivity index (χ1n) is 7.02. The summed E-state index contributed by atoms with van der Waals surface area (Å²) in [5.74, 6) is 0.579.